The molecular weight excluding hydrogens is 875 g/mol. The molecule has 1 saturated heterocycles. The summed E-state index contributed by atoms with van der Waals surface area (Å²) >= 11 is 6.39. The highest BCUT2D eigenvalue weighted by Crippen LogP contribution is 2.37. The van der Waals surface area contributed by atoms with Gasteiger partial charge in [-0.15, -0.1) is 10.2 Å². The highest BCUT2D eigenvalue weighted by Gasteiger charge is 2.37. The second-order valence-corrected chi connectivity index (χ2v) is 16.2. The van der Waals surface area contributed by atoms with Crippen molar-refractivity contribution in [3.8, 4) is 23.1 Å². The van der Waals surface area contributed by atoms with Crippen molar-refractivity contribution in [2.75, 3.05) is 123 Å². The number of aromatic nitrogens is 5. The summed E-state index contributed by atoms with van der Waals surface area (Å²) in [6.45, 7) is 12.3. The number of nitrogens with one attached hydrogen (secondary N) is 1. The van der Waals surface area contributed by atoms with E-state index in [0.717, 1.165) is 23.1 Å². The average Bonchev–Trinajstić information content (AvgIpc) is 3.76. The lowest BCUT2D eigenvalue weighted by Gasteiger charge is -2.45. The number of nitriles is 1. The number of hydrogen-bond donors (Lipinski definition) is 2. The van der Waals surface area contributed by atoms with E-state index in [1.807, 2.05) is 36.5 Å². The number of fused-ring (bicyclic) bond motifs is 1. The molecule has 1 atom stereocenters. The number of halogens is 2. The number of aliphatic imine (C=N–C) groups is 1. The highest BCUT2D eigenvalue weighted by molar-refractivity contribution is 6.33. The third kappa shape index (κ3) is 15.0. The predicted octanol–water partition coefficient (Wildman–Crippen LogP) is 5.73. The van der Waals surface area contributed by atoms with Crippen molar-refractivity contribution in [2.24, 2.45) is 16.1 Å². The van der Waals surface area contributed by atoms with Gasteiger partial charge in [0.2, 0.25) is 5.88 Å². The molecule has 0 saturated carbocycles. The minimum atomic E-state index is -0.485. The number of amidine groups is 1. The Morgan fingerprint density at radius 2 is 1.50 bits per heavy atom. The van der Waals surface area contributed by atoms with E-state index >= 15 is 0 Å². The second kappa shape index (κ2) is 26.0. The monoisotopic (exact) mass is 932 g/mol. The first-order valence-electron chi connectivity index (χ1n) is 21.8. The topological polar surface area (TPSA) is 207 Å². The van der Waals surface area contributed by atoms with Gasteiger partial charge in [-0.3, -0.25) is 0 Å². The van der Waals surface area contributed by atoms with Gasteiger partial charge in [0, 0.05) is 67.3 Å². The van der Waals surface area contributed by atoms with Crippen molar-refractivity contribution in [1.29, 1.82) is 5.26 Å². The molecule has 5 heterocycles. The van der Waals surface area contributed by atoms with Crippen LogP contribution in [0, 0.1) is 22.6 Å². The Hall–Kier alpha value is -5.56. The molecule has 354 valence electrons. The molecule has 1 aliphatic heterocycles. The van der Waals surface area contributed by atoms with Crippen LogP contribution in [0.3, 0.4) is 0 Å². The molecule has 0 spiro atoms. The molecule has 1 aliphatic rings. The van der Waals surface area contributed by atoms with Crippen LogP contribution in [-0.4, -0.2) is 149 Å². The summed E-state index contributed by atoms with van der Waals surface area (Å²) in [5.41, 5.74) is 10.6. The standard InChI is InChI=1S/C46H58ClFN10O8/c1-46(2)32-57(42-8-6-36(28-49)55-56-42)11-10-41(46)54-44-37(45(50)53-39-27-35(48)5-7-38(39)47)30-52-58-31-34(26-40(44)58)33-4-9-43(51-29-33)66-25-24-65-23-22-64-21-20-63-19-18-62-17-16-61-15-14-60-13-12-59-3/h4-9,26-27,29-31,41,54H,10-25,32H2,1-3H3,(H2,50,53)/t41-/m1/s1. The Bertz CT molecular complexity index is 2330. The van der Waals surface area contributed by atoms with E-state index in [1.54, 1.807) is 30.1 Å². The molecule has 20 heteroatoms. The number of rotatable bonds is 28. The number of methoxy groups -OCH3 is 1. The Kier molecular flexibility index (Phi) is 19.6. The van der Waals surface area contributed by atoms with Gasteiger partial charge in [0.15, 0.2) is 11.5 Å². The van der Waals surface area contributed by atoms with Crippen LogP contribution < -0.4 is 20.7 Å². The maximum atomic E-state index is 14.2. The van der Waals surface area contributed by atoms with Gasteiger partial charge in [-0.2, -0.15) is 10.4 Å². The number of benzene rings is 1. The molecule has 5 aromatic rings. The third-order valence-electron chi connectivity index (χ3n) is 10.5. The van der Waals surface area contributed by atoms with Gasteiger partial charge in [-0.05, 0) is 42.8 Å². The fourth-order valence-electron chi connectivity index (χ4n) is 7.06. The van der Waals surface area contributed by atoms with Crippen molar-refractivity contribution in [1.82, 2.24) is 24.8 Å². The minimum absolute atomic E-state index is 0.0278. The number of nitrogens with zero attached hydrogens (tertiary/aromatic N) is 8. The van der Waals surface area contributed by atoms with E-state index in [4.69, 9.17) is 60.3 Å². The van der Waals surface area contributed by atoms with Crippen molar-refractivity contribution >= 4 is 40.1 Å². The molecule has 6 rings (SSSR count). The lowest BCUT2D eigenvalue weighted by molar-refractivity contribution is -0.0199. The molecule has 3 N–H and O–H groups in total. The summed E-state index contributed by atoms with van der Waals surface area (Å²) in [6.07, 6.45) is 6.04. The van der Waals surface area contributed by atoms with Gasteiger partial charge in [0.05, 0.1) is 120 Å². The zero-order valence-corrected chi connectivity index (χ0v) is 38.4. The number of anilines is 2. The van der Waals surface area contributed by atoms with Gasteiger partial charge < -0.3 is 53.8 Å². The van der Waals surface area contributed by atoms with Crippen molar-refractivity contribution in [3.63, 3.8) is 0 Å². The number of ether oxygens (including phenoxy) is 8. The van der Waals surface area contributed by atoms with E-state index < -0.39 is 5.82 Å². The van der Waals surface area contributed by atoms with Crippen LogP contribution in [0.25, 0.3) is 16.6 Å². The maximum Gasteiger partial charge on any atom is 0.213 e. The van der Waals surface area contributed by atoms with E-state index in [9.17, 15) is 9.65 Å². The molecule has 18 nitrogen and oxygen atoms in total. The van der Waals surface area contributed by atoms with Gasteiger partial charge in [-0.1, -0.05) is 25.4 Å². The third-order valence-corrected chi connectivity index (χ3v) is 10.9. The molecule has 4 aromatic heterocycles. The van der Waals surface area contributed by atoms with Gasteiger partial charge >= 0.3 is 0 Å². The summed E-state index contributed by atoms with van der Waals surface area (Å²) in [4.78, 5) is 11.2. The SMILES string of the molecule is COCCOCCOCCOCCOCCOCCOCCOc1ccc(-c2cc3c(N[C@@H]4CCN(c5ccc(C#N)nn5)CC4(C)C)c(C(N)=Nc4cc(F)ccc4Cl)cnn3c2)cn1. The van der Waals surface area contributed by atoms with E-state index in [2.05, 4.69) is 44.2 Å². The first-order chi connectivity index (χ1) is 32.1. The molecule has 0 bridgehead atoms. The predicted molar refractivity (Wildman–Crippen MR) is 247 cm³/mol. The van der Waals surface area contributed by atoms with Crippen LogP contribution >= 0.6 is 11.6 Å². The quantitative estimate of drug-likeness (QED) is 0.0349. The zero-order chi connectivity index (χ0) is 46.6. The first-order valence-corrected chi connectivity index (χ1v) is 22.1. The Balaban J connectivity index is 0.982. The van der Waals surface area contributed by atoms with Crippen LogP contribution in [-0.2, 0) is 33.2 Å². The van der Waals surface area contributed by atoms with Crippen LogP contribution in [0.15, 0.2) is 72.1 Å². The van der Waals surface area contributed by atoms with Gasteiger partial charge in [0.1, 0.15) is 24.3 Å². The number of pyridine rings is 1. The fraction of sp³-hybridized carbons (Fsp3) is 0.478. The average molecular weight is 933 g/mol. The summed E-state index contributed by atoms with van der Waals surface area (Å²) in [5.74, 6) is 0.797. The summed E-state index contributed by atoms with van der Waals surface area (Å²) in [6, 6.07) is 15.2. The van der Waals surface area contributed by atoms with Crippen molar-refractivity contribution in [3.05, 3.63) is 89.2 Å². The Morgan fingerprint density at radius 1 is 0.848 bits per heavy atom. The molecule has 0 aliphatic carbocycles. The molecule has 66 heavy (non-hydrogen) atoms. The summed E-state index contributed by atoms with van der Waals surface area (Å²) in [5, 5.41) is 26.3. The van der Waals surface area contributed by atoms with E-state index in [-0.39, 0.29) is 33.7 Å². The molecule has 0 radical (unpaired) electrons. The smallest absolute Gasteiger partial charge is 0.213 e. The normalized spacial score (nSPS) is 15.0. The van der Waals surface area contributed by atoms with Crippen LogP contribution in [0.1, 0.15) is 31.5 Å². The maximum absolute atomic E-state index is 14.2. The number of hydrogen-bond acceptors (Lipinski definition) is 16. The molecule has 1 fully saturated rings. The summed E-state index contributed by atoms with van der Waals surface area (Å²) < 4.78 is 59.8. The molecular formula is C46H58ClFN10O8. The number of nitrogens with two attached hydrogens (primary N) is 1. The van der Waals surface area contributed by atoms with Crippen molar-refractivity contribution < 1.29 is 42.3 Å². The summed E-state index contributed by atoms with van der Waals surface area (Å²) in [7, 11) is 1.64. The second-order valence-electron chi connectivity index (χ2n) is 15.8. The largest absolute Gasteiger partial charge is 0.475 e. The van der Waals surface area contributed by atoms with Crippen LogP contribution in [0.4, 0.5) is 21.6 Å². The highest BCUT2D eigenvalue weighted by atomic mass is 35.5. The van der Waals surface area contributed by atoms with Crippen LogP contribution in [0.5, 0.6) is 5.88 Å². The minimum Gasteiger partial charge on any atom is -0.475 e. The number of piperidine rings is 1. The van der Waals surface area contributed by atoms with E-state index in [1.165, 1.54) is 18.2 Å². The van der Waals surface area contributed by atoms with Crippen LogP contribution in [0.2, 0.25) is 5.02 Å². The van der Waals surface area contributed by atoms with Crippen molar-refractivity contribution in [2.45, 2.75) is 26.3 Å². The van der Waals surface area contributed by atoms with E-state index in [0.29, 0.717) is 129 Å². The lowest BCUT2D eigenvalue weighted by Crippen LogP contribution is -2.52. The zero-order valence-electron chi connectivity index (χ0n) is 37.6. The lowest BCUT2D eigenvalue weighted by atomic mass is 9.78. The van der Waals surface area contributed by atoms with Gasteiger partial charge in [0.25, 0.3) is 0 Å². The molecule has 1 aromatic carbocycles. The molecule has 0 unspecified atom stereocenters. The molecule has 0 amide bonds. The Morgan fingerprint density at radius 3 is 2.08 bits per heavy atom. The van der Waals surface area contributed by atoms with Gasteiger partial charge in [-0.25, -0.2) is 18.9 Å². The Labute approximate surface area is 389 Å². The fourth-order valence-corrected chi connectivity index (χ4v) is 7.21. The first kappa shape index (κ1) is 49.9.